The predicted octanol–water partition coefficient (Wildman–Crippen LogP) is 0.00640. The van der Waals surface area contributed by atoms with Crippen molar-refractivity contribution in [3.63, 3.8) is 0 Å². The lowest BCUT2D eigenvalue weighted by Gasteiger charge is -1.94. The first kappa shape index (κ1) is 3.65. The quantitative estimate of drug-likeness (QED) is 0.439. The van der Waals surface area contributed by atoms with Gasteiger partial charge in [0.25, 0.3) is 0 Å². The van der Waals surface area contributed by atoms with E-state index in [1.807, 2.05) is 0 Å². The maximum atomic E-state index is 3.93. The number of hydrogen-bond acceptors (Lipinski definition) is 2. The molecule has 1 N–H and O–H groups in total. The van der Waals surface area contributed by atoms with Gasteiger partial charge in [-0.3, -0.25) is 4.99 Å². The summed E-state index contributed by atoms with van der Waals surface area (Å²) in [7, 11) is 0. The molecule has 0 saturated heterocycles. The minimum Gasteiger partial charge on any atom is -0.372 e. The van der Waals surface area contributed by atoms with Crippen molar-refractivity contribution < 1.29 is 0 Å². The van der Waals surface area contributed by atoms with Gasteiger partial charge in [0, 0.05) is 6.04 Å². The summed E-state index contributed by atoms with van der Waals surface area (Å²) in [5.74, 6) is 0. The van der Waals surface area contributed by atoms with E-state index in [0.717, 1.165) is 6.54 Å². The lowest BCUT2D eigenvalue weighted by Crippen LogP contribution is -2.19. The fourth-order valence-electron chi connectivity index (χ4n) is 0.443. The molecule has 2 heteroatoms. The molecular formula is C4H8N2. The molecule has 34 valence electrons. The van der Waals surface area contributed by atoms with Crippen molar-refractivity contribution in [1.29, 1.82) is 0 Å². The molecule has 2 nitrogen and oxygen atoms in total. The molecule has 0 fully saturated rings. The molecule has 0 aromatic carbocycles. The molecule has 0 aliphatic carbocycles. The van der Waals surface area contributed by atoms with Crippen LogP contribution in [0.2, 0.25) is 0 Å². The van der Waals surface area contributed by atoms with Gasteiger partial charge in [0.05, 0.1) is 12.9 Å². The molecule has 6 heavy (non-hydrogen) atoms. The van der Waals surface area contributed by atoms with Gasteiger partial charge in [-0.1, -0.05) is 0 Å². The van der Waals surface area contributed by atoms with E-state index in [1.54, 1.807) is 6.34 Å². The highest BCUT2D eigenvalue weighted by atomic mass is 15.0. The number of aliphatic imine (C=N–C) groups is 1. The lowest BCUT2D eigenvalue weighted by molar-refractivity contribution is 0.729. The molecule has 1 aliphatic rings. The highest BCUT2D eigenvalue weighted by molar-refractivity contribution is 5.56. The van der Waals surface area contributed by atoms with E-state index >= 15 is 0 Å². The van der Waals surface area contributed by atoms with E-state index < -0.39 is 0 Å². The first-order chi connectivity index (χ1) is 2.89. The van der Waals surface area contributed by atoms with Crippen molar-refractivity contribution in [2.75, 3.05) is 6.54 Å². The Hall–Kier alpha value is -0.530. The summed E-state index contributed by atoms with van der Waals surface area (Å²) in [6.07, 6.45) is 1.75. The molecule has 1 atom stereocenters. The predicted molar refractivity (Wildman–Crippen MR) is 26.0 cm³/mol. The van der Waals surface area contributed by atoms with Crippen molar-refractivity contribution in [1.82, 2.24) is 5.32 Å². The maximum Gasteiger partial charge on any atom is 0.0827 e. The van der Waals surface area contributed by atoms with Crippen LogP contribution < -0.4 is 5.32 Å². The lowest BCUT2D eigenvalue weighted by atomic mass is 10.4. The zero-order valence-electron chi connectivity index (χ0n) is 3.81. The van der Waals surface area contributed by atoms with E-state index in [-0.39, 0.29) is 0 Å². The Morgan fingerprint density at radius 1 is 2.00 bits per heavy atom. The molecular weight excluding hydrogens is 76.1 g/mol. The van der Waals surface area contributed by atoms with Crippen LogP contribution in [0.25, 0.3) is 0 Å². The number of nitrogens with zero attached hydrogens (tertiary/aromatic N) is 1. The largest absolute Gasteiger partial charge is 0.372 e. The summed E-state index contributed by atoms with van der Waals surface area (Å²) in [5.41, 5.74) is 0. The third-order valence-electron chi connectivity index (χ3n) is 0.830. The van der Waals surface area contributed by atoms with Crippen molar-refractivity contribution in [2.45, 2.75) is 13.0 Å². The average molecular weight is 84.1 g/mol. The molecule has 1 heterocycles. The molecule has 0 unspecified atom stereocenters. The number of hydrogen-bond donors (Lipinski definition) is 1. The van der Waals surface area contributed by atoms with E-state index in [0.29, 0.717) is 6.04 Å². The molecule has 0 aromatic rings. The molecule has 0 bridgehead atoms. The van der Waals surface area contributed by atoms with Gasteiger partial charge in [0.2, 0.25) is 0 Å². The molecule has 0 saturated carbocycles. The monoisotopic (exact) mass is 84.1 g/mol. The first-order valence-electron chi connectivity index (χ1n) is 2.14. The highest BCUT2D eigenvalue weighted by Gasteiger charge is 1.98. The summed E-state index contributed by atoms with van der Waals surface area (Å²) in [6, 6.07) is 0.574. The third-order valence-corrected chi connectivity index (χ3v) is 0.830. The van der Waals surface area contributed by atoms with Crippen LogP contribution in [-0.4, -0.2) is 18.9 Å². The summed E-state index contributed by atoms with van der Waals surface area (Å²) in [6.45, 7) is 3.05. The van der Waals surface area contributed by atoms with E-state index in [2.05, 4.69) is 17.2 Å². The van der Waals surface area contributed by atoms with Gasteiger partial charge in [-0.15, -0.1) is 0 Å². The van der Waals surface area contributed by atoms with Crippen LogP contribution in [-0.2, 0) is 0 Å². The first-order valence-corrected chi connectivity index (χ1v) is 2.14. The van der Waals surface area contributed by atoms with Crippen LogP contribution in [0.15, 0.2) is 4.99 Å². The van der Waals surface area contributed by atoms with Crippen LogP contribution in [0.3, 0.4) is 0 Å². The Kier molecular flexibility index (Phi) is 0.783. The standard InChI is InChI=1S/C4H8N2/c1-4-2-5-3-6-4/h3-4H,2H2,1H3,(H,5,6)/t4-/m1/s1. The minimum absolute atomic E-state index is 0.574. The third kappa shape index (κ3) is 0.506. The van der Waals surface area contributed by atoms with E-state index in [4.69, 9.17) is 0 Å². The van der Waals surface area contributed by atoms with E-state index in [1.165, 1.54) is 0 Å². The Morgan fingerprint density at radius 3 is 3.00 bits per heavy atom. The fraction of sp³-hybridized carbons (Fsp3) is 0.750. The topological polar surface area (TPSA) is 24.4 Å². The van der Waals surface area contributed by atoms with Crippen molar-refractivity contribution in [3.8, 4) is 0 Å². The van der Waals surface area contributed by atoms with Gasteiger partial charge >= 0.3 is 0 Å². The summed E-state index contributed by atoms with van der Waals surface area (Å²) in [4.78, 5) is 3.93. The summed E-state index contributed by atoms with van der Waals surface area (Å²) >= 11 is 0. The van der Waals surface area contributed by atoms with Crippen LogP contribution in [0.4, 0.5) is 0 Å². The second kappa shape index (κ2) is 1.29. The van der Waals surface area contributed by atoms with Gasteiger partial charge in [0.15, 0.2) is 0 Å². The molecule has 0 radical (unpaired) electrons. The Balaban J connectivity index is 2.32. The normalized spacial score (nSPS) is 30.5. The Bertz CT molecular complexity index is 59.9. The zero-order chi connectivity index (χ0) is 4.41. The van der Waals surface area contributed by atoms with Gasteiger partial charge in [-0.2, -0.15) is 0 Å². The minimum atomic E-state index is 0.574. The second-order valence-electron chi connectivity index (χ2n) is 1.56. The second-order valence-corrected chi connectivity index (χ2v) is 1.56. The van der Waals surface area contributed by atoms with Crippen LogP contribution >= 0.6 is 0 Å². The molecule has 0 amide bonds. The number of rotatable bonds is 0. The Labute approximate surface area is 37.3 Å². The zero-order valence-corrected chi connectivity index (χ0v) is 3.81. The molecule has 1 rings (SSSR count). The summed E-state index contributed by atoms with van der Waals surface area (Å²) < 4.78 is 0. The van der Waals surface area contributed by atoms with Crippen LogP contribution in [0.1, 0.15) is 6.92 Å². The molecule has 1 aliphatic heterocycles. The van der Waals surface area contributed by atoms with Gasteiger partial charge < -0.3 is 5.32 Å². The Morgan fingerprint density at radius 2 is 2.83 bits per heavy atom. The van der Waals surface area contributed by atoms with Crippen LogP contribution in [0.5, 0.6) is 0 Å². The smallest absolute Gasteiger partial charge is 0.0827 e. The van der Waals surface area contributed by atoms with E-state index in [9.17, 15) is 0 Å². The average Bonchev–Trinajstić information content (AvgIpc) is 1.86. The number of nitrogens with one attached hydrogen (secondary N) is 1. The van der Waals surface area contributed by atoms with Crippen molar-refractivity contribution in [2.24, 2.45) is 4.99 Å². The maximum absolute atomic E-state index is 3.93. The highest BCUT2D eigenvalue weighted by Crippen LogP contribution is 1.84. The van der Waals surface area contributed by atoms with Crippen LogP contribution in [0, 0.1) is 0 Å². The van der Waals surface area contributed by atoms with Crippen molar-refractivity contribution in [3.05, 3.63) is 0 Å². The molecule has 0 spiro atoms. The van der Waals surface area contributed by atoms with Gasteiger partial charge in [-0.25, -0.2) is 0 Å². The SMILES string of the molecule is C[C@@H]1CN=CN1. The van der Waals surface area contributed by atoms with Gasteiger partial charge in [0.1, 0.15) is 0 Å². The van der Waals surface area contributed by atoms with Crippen molar-refractivity contribution >= 4 is 6.34 Å². The fourth-order valence-corrected chi connectivity index (χ4v) is 0.443. The summed E-state index contributed by atoms with van der Waals surface area (Å²) in [5, 5.41) is 3.03. The molecule has 0 aromatic heterocycles. The van der Waals surface area contributed by atoms with Gasteiger partial charge in [-0.05, 0) is 6.92 Å².